The highest BCUT2D eigenvalue weighted by Crippen LogP contribution is 2.35. The van der Waals surface area contributed by atoms with Crippen molar-refractivity contribution in [2.75, 3.05) is 31.0 Å². The van der Waals surface area contributed by atoms with E-state index < -0.39 is 28.5 Å². The summed E-state index contributed by atoms with van der Waals surface area (Å²) in [6, 6.07) is 21.3. The lowest BCUT2D eigenvalue weighted by Crippen LogP contribution is -2.53. The first kappa shape index (κ1) is 31.0. The van der Waals surface area contributed by atoms with E-state index in [0.29, 0.717) is 19.4 Å². The number of anilines is 1. The summed E-state index contributed by atoms with van der Waals surface area (Å²) >= 11 is 6.27. The Balaban J connectivity index is 2.05. The van der Waals surface area contributed by atoms with E-state index in [0.717, 1.165) is 16.3 Å². The van der Waals surface area contributed by atoms with Crippen molar-refractivity contribution in [3.8, 4) is 5.75 Å². The van der Waals surface area contributed by atoms with Crippen LogP contribution in [0.2, 0.25) is 5.02 Å². The van der Waals surface area contributed by atoms with Crippen LogP contribution in [0.25, 0.3) is 0 Å². The molecule has 214 valence electrons. The zero-order valence-corrected chi connectivity index (χ0v) is 24.6. The smallest absolute Gasteiger partial charge is 0.264 e. The molecule has 8 nitrogen and oxygen atoms in total. The van der Waals surface area contributed by atoms with Gasteiger partial charge in [-0.05, 0) is 55.2 Å². The van der Waals surface area contributed by atoms with Gasteiger partial charge in [-0.25, -0.2) is 8.42 Å². The van der Waals surface area contributed by atoms with E-state index in [1.807, 2.05) is 44.2 Å². The Hall–Kier alpha value is -3.56. The number of sulfonamides is 1. The van der Waals surface area contributed by atoms with Crippen LogP contribution in [0.4, 0.5) is 5.69 Å². The van der Waals surface area contributed by atoms with Gasteiger partial charge in [0.25, 0.3) is 10.0 Å². The zero-order chi connectivity index (χ0) is 29.1. The van der Waals surface area contributed by atoms with Crippen LogP contribution in [0.3, 0.4) is 0 Å². The van der Waals surface area contributed by atoms with Crippen LogP contribution < -0.4 is 14.4 Å². The Labute approximate surface area is 241 Å². The number of hydrogen-bond acceptors (Lipinski definition) is 5. The molecule has 0 aliphatic rings. The maximum atomic E-state index is 14.1. The highest BCUT2D eigenvalue weighted by Gasteiger charge is 2.34. The van der Waals surface area contributed by atoms with Crippen LogP contribution >= 0.6 is 11.6 Å². The van der Waals surface area contributed by atoms with Gasteiger partial charge < -0.3 is 15.0 Å². The Morgan fingerprint density at radius 2 is 1.62 bits per heavy atom. The summed E-state index contributed by atoms with van der Waals surface area (Å²) in [5.74, 6) is -0.556. The topological polar surface area (TPSA) is 96.0 Å². The highest BCUT2D eigenvalue weighted by atomic mass is 35.5. The maximum absolute atomic E-state index is 14.1. The molecular weight excluding hydrogens is 550 g/mol. The monoisotopic (exact) mass is 585 g/mol. The lowest BCUT2D eigenvalue weighted by atomic mass is 10.1. The molecule has 0 fully saturated rings. The Morgan fingerprint density at radius 3 is 2.23 bits per heavy atom. The summed E-state index contributed by atoms with van der Waals surface area (Å²) in [4.78, 5) is 28.7. The number of rotatable bonds is 14. The van der Waals surface area contributed by atoms with Crippen LogP contribution in [-0.2, 0) is 26.0 Å². The number of ether oxygens (including phenoxy) is 1. The number of nitrogens with zero attached hydrogens (tertiary/aromatic N) is 2. The standard InChI is InChI=1S/C30H36ClN3O5S/c1-4-19-32-30(36)26(5-2)33(20-18-23-12-8-6-9-13-23)29(35)22-34(27-21-24(31)16-17-28(27)39-3)40(37,38)25-14-10-7-11-15-25/h6-17,21,26H,4-5,18-20,22H2,1-3H3,(H,32,36). The predicted molar refractivity (Wildman–Crippen MR) is 158 cm³/mol. The summed E-state index contributed by atoms with van der Waals surface area (Å²) in [7, 11) is -2.80. The van der Waals surface area contributed by atoms with E-state index in [1.54, 1.807) is 30.3 Å². The minimum Gasteiger partial charge on any atom is -0.495 e. The molecule has 0 radical (unpaired) electrons. The molecule has 1 atom stereocenters. The van der Waals surface area contributed by atoms with E-state index >= 15 is 0 Å². The molecule has 3 aromatic carbocycles. The molecule has 40 heavy (non-hydrogen) atoms. The minimum absolute atomic E-state index is 0.00777. The Bertz CT molecular complexity index is 1370. The van der Waals surface area contributed by atoms with Gasteiger partial charge in [0.05, 0.1) is 17.7 Å². The van der Waals surface area contributed by atoms with E-state index in [1.165, 1.54) is 30.2 Å². The quantitative estimate of drug-likeness (QED) is 0.290. The van der Waals surface area contributed by atoms with E-state index in [4.69, 9.17) is 16.3 Å². The van der Waals surface area contributed by atoms with Crippen molar-refractivity contribution in [3.63, 3.8) is 0 Å². The molecular formula is C30H36ClN3O5S. The van der Waals surface area contributed by atoms with Gasteiger partial charge in [0.2, 0.25) is 11.8 Å². The second-order valence-electron chi connectivity index (χ2n) is 9.18. The Kier molecular flexibility index (Phi) is 11.4. The third kappa shape index (κ3) is 7.76. The van der Waals surface area contributed by atoms with Gasteiger partial charge in [-0.2, -0.15) is 0 Å². The number of amides is 2. The van der Waals surface area contributed by atoms with Crippen LogP contribution in [0.5, 0.6) is 5.75 Å². The number of carbonyl (C=O) groups is 2. The van der Waals surface area contributed by atoms with Crippen LogP contribution in [0.1, 0.15) is 32.3 Å². The normalized spacial score (nSPS) is 11.9. The molecule has 0 bridgehead atoms. The highest BCUT2D eigenvalue weighted by molar-refractivity contribution is 7.92. The fourth-order valence-electron chi connectivity index (χ4n) is 4.35. The summed E-state index contributed by atoms with van der Waals surface area (Å²) in [5, 5.41) is 3.16. The van der Waals surface area contributed by atoms with Gasteiger partial charge in [-0.15, -0.1) is 0 Å². The van der Waals surface area contributed by atoms with Crippen LogP contribution in [-0.4, -0.2) is 57.9 Å². The fraction of sp³-hybridized carbons (Fsp3) is 0.333. The van der Waals surface area contributed by atoms with Gasteiger partial charge in [0, 0.05) is 18.1 Å². The molecule has 0 saturated carbocycles. The number of nitrogens with one attached hydrogen (secondary N) is 1. The fourth-order valence-corrected chi connectivity index (χ4v) is 5.96. The third-order valence-corrected chi connectivity index (χ3v) is 8.45. The molecule has 0 aliphatic heterocycles. The first-order chi connectivity index (χ1) is 19.2. The first-order valence-corrected chi connectivity index (χ1v) is 15.1. The molecule has 0 aliphatic carbocycles. The average Bonchev–Trinajstić information content (AvgIpc) is 2.97. The summed E-state index contributed by atoms with van der Waals surface area (Å²) in [6.07, 6.45) is 1.61. The molecule has 1 N–H and O–H groups in total. The average molecular weight is 586 g/mol. The van der Waals surface area contributed by atoms with Crippen molar-refractivity contribution in [1.82, 2.24) is 10.2 Å². The SMILES string of the molecule is CCCNC(=O)C(CC)N(CCc1ccccc1)C(=O)CN(c1cc(Cl)ccc1OC)S(=O)(=O)c1ccccc1. The van der Waals surface area contributed by atoms with E-state index in [9.17, 15) is 18.0 Å². The molecule has 0 heterocycles. The van der Waals surface area contributed by atoms with Gasteiger partial charge >= 0.3 is 0 Å². The number of methoxy groups -OCH3 is 1. The molecule has 1 unspecified atom stereocenters. The van der Waals surface area contributed by atoms with Crippen LogP contribution in [0.15, 0.2) is 83.8 Å². The van der Waals surface area contributed by atoms with Gasteiger partial charge in [0.1, 0.15) is 18.3 Å². The molecule has 0 saturated heterocycles. The van der Waals surface area contributed by atoms with Crippen molar-refractivity contribution in [2.45, 2.75) is 44.0 Å². The second-order valence-corrected chi connectivity index (χ2v) is 11.5. The lowest BCUT2D eigenvalue weighted by Gasteiger charge is -2.33. The van der Waals surface area contributed by atoms with E-state index in [2.05, 4.69) is 5.32 Å². The van der Waals surface area contributed by atoms with Crippen molar-refractivity contribution in [2.24, 2.45) is 0 Å². The molecule has 0 aromatic heterocycles. The van der Waals surface area contributed by atoms with Crippen LogP contribution in [0, 0.1) is 0 Å². The lowest BCUT2D eigenvalue weighted by molar-refractivity contribution is -0.139. The predicted octanol–water partition coefficient (Wildman–Crippen LogP) is 4.92. The minimum atomic E-state index is -4.22. The molecule has 3 rings (SSSR count). The number of benzene rings is 3. The van der Waals surface area contributed by atoms with Gasteiger partial charge in [0.15, 0.2) is 0 Å². The molecule has 3 aromatic rings. The Morgan fingerprint density at radius 1 is 0.975 bits per heavy atom. The van der Waals surface area contributed by atoms with Gasteiger partial charge in [-0.3, -0.25) is 13.9 Å². The van der Waals surface area contributed by atoms with E-state index in [-0.39, 0.29) is 33.8 Å². The number of carbonyl (C=O) groups excluding carboxylic acids is 2. The summed E-state index contributed by atoms with van der Waals surface area (Å²) < 4.78 is 34.3. The number of halogens is 1. The maximum Gasteiger partial charge on any atom is 0.264 e. The number of hydrogen-bond donors (Lipinski definition) is 1. The summed E-state index contributed by atoms with van der Waals surface area (Å²) in [5.41, 5.74) is 1.12. The molecule has 0 spiro atoms. The van der Waals surface area contributed by atoms with Crippen molar-refractivity contribution < 1.29 is 22.7 Å². The summed E-state index contributed by atoms with van der Waals surface area (Å²) in [6.45, 7) is 3.93. The van der Waals surface area contributed by atoms with Crippen molar-refractivity contribution >= 4 is 39.1 Å². The van der Waals surface area contributed by atoms with Crippen molar-refractivity contribution in [3.05, 3.63) is 89.4 Å². The first-order valence-electron chi connectivity index (χ1n) is 13.2. The zero-order valence-electron chi connectivity index (χ0n) is 23.0. The second kappa shape index (κ2) is 14.7. The molecule has 10 heteroatoms. The molecule has 2 amide bonds. The third-order valence-electron chi connectivity index (χ3n) is 6.44. The van der Waals surface area contributed by atoms with Crippen molar-refractivity contribution in [1.29, 1.82) is 0 Å². The largest absolute Gasteiger partial charge is 0.495 e. The van der Waals surface area contributed by atoms with Gasteiger partial charge in [-0.1, -0.05) is 74.0 Å².